The summed E-state index contributed by atoms with van der Waals surface area (Å²) < 4.78 is 12.5. The number of methoxy groups -OCH3 is 2. The average molecular weight is 422 g/mol. The van der Waals surface area contributed by atoms with Crippen LogP contribution in [0.2, 0.25) is 0 Å². The largest absolute Gasteiger partial charge is 0.493 e. The summed E-state index contributed by atoms with van der Waals surface area (Å²) in [5.41, 5.74) is 1.15. The van der Waals surface area contributed by atoms with E-state index in [0.717, 1.165) is 5.56 Å². The summed E-state index contributed by atoms with van der Waals surface area (Å²) in [6.07, 6.45) is 4.89. The molecule has 1 N–H and O–H groups in total. The number of anilines is 1. The number of hydrogen-bond donors (Lipinski definition) is 1. The zero-order valence-electron chi connectivity index (χ0n) is 16.3. The Morgan fingerprint density at radius 2 is 1.93 bits per heavy atom. The number of hydrogen-bond acceptors (Lipinski definition) is 8. The van der Waals surface area contributed by atoms with E-state index in [4.69, 9.17) is 9.47 Å². The van der Waals surface area contributed by atoms with Gasteiger partial charge < -0.3 is 14.8 Å². The Morgan fingerprint density at radius 1 is 1.10 bits per heavy atom. The van der Waals surface area contributed by atoms with E-state index < -0.39 is 0 Å². The third-order valence-corrected chi connectivity index (χ3v) is 5.09. The van der Waals surface area contributed by atoms with Crippen LogP contribution in [-0.4, -0.2) is 44.9 Å². The van der Waals surface area contributed by atoms with Gasteiger partial charge in [0.1, 0.15) is 11.5 Å². The second kappa shape index (κ2) is 8.70. The van der Waals surface area contributed by atoms with Gasteiger partial charge >= 0.3 is 0 Å². The molecule has 0 bridgehead atoms. The minimum atomic E-state index is -0.340. The van der Waals surface area contributed by atoms with Crippen LogP contribution in [-0.2, 0) is 6.54 Å². The van der Waals surface area contributed by atoms with Crippen molar-refractivity contribution in [2.45, 2.75) is 6.54 Å². The number of carbonyl (C=O) groups excluding carboxylic acids is 1. The van der Waals surface area contributed by atoms with Gasteiger partial charge in [-0.2, -0.15) is 5.10 Å². The maximum Gasteiger partial charge on any atom is 0.276 e. The first kappa shape index (κ1) is 19.5. The zero-order chi connectivity index (χ0) is 20.9. The Kier molecular flexibility index (Phi) is 5.66. The Hall–Kier alpha value is -3.79. The number of ether oxygens (including phenoxy) is 2. The number of aromatic nitrogens is 5. The van der Waals surface area contributed by atoms with Crippen molar-refractivity contribution in [1.82, 2.24) is 24.7 Å². The van der Waals surface area contributed by atoms with E-state index in [-0.39, 0.29) is 11.6 Å². The van der Waals surface area contributed by atoms with Crippen molar-refractivity contribution < 1.29 is 14.3 Å². The molecule has 0 aliphatic rings. The third-order valence-electron chi connectivity index (χ3n) is 4.26. The molecule has 1 aromatic carbocycles. The first-order chi connectivity index (χ1) is 14.7. The highest BCUT2D eigenvalue weighted by atomic mass is 32.1. The quantitative estimate of drug-likeness (QED) is 0.488. The second-order valence-corrected chi connectivity index (χ2v) is 6.95. The number of carbonyl (C=O) groups is 1. The maximum absolute atomic E-state index is 12.7. The van der Waals surface area contributed by atoms with Crippen LogP contribution in [0.1, 0.15) is 16.1 Å². The molecule has 0 aliphatic carbocycles. The average Bonchev–Trinajstić information content (AvgIpc) is 3.44. The Bertz CT molecular complexity index is 1160. The predicted octanol–water partition coefficient (Wildman–Crippen LogP) is 3.11. The normalized spacial score (nSPS) is 10.6. The van der Waals surface area contributed by atoms with E-state index >= 15 is 0 Å². The minimum Gasteiger partial charge on any atom is -0.493 e. The van der Waals surface area contributed by atoms with Crippen LogP contribution >= 0.6 is 11.3 Å². The maximum atomic E-state index is 12.7. The lowest BCUT2D eigenvalue weighted by atomic mass is 10.2. The lowest BCUT2D eigenvalue weighted by molar-refractivity contribution is 0.102. The summed E-state index contributed by atoms with van der Waals surface area (Å²) in [5, 5.41) is 9.41. The number of thiazole rings is 1. The first-order valence-corrected chi connectivity index (χ1v) is 9.83. The molecule has 3 aromatic heterocycles. The highest BCUT2D eigenvalue weighted by molar-refractivity contribution is 7.13. The number of nitrogens with zero attached hydrogens (tertiary/aromatic N) is 5. The van der Waals surface area contributed by atoms with E-state index in [1.165, 1.54) is 11.3 Å². The second-order valence-electron chi connectivity index (χ2n) is 6.09. The van der Waals surface area contributed by atoms with Crippen LogP contribution in [0.5, 0.6) is 11.5 Å². The lowest BCUT2D eigenvalue weighted by Gasteiger charge is -2.14. The molecule has 0 saturated heterocycles. The predicted molar refractivity (Wildman–Crippen MR) is 112 cm³/mol. The van der Waals surface area contributed by atoms with Gasteiger partial charge in [-0.05, 0) is 12.1 Å². The molecule has 0 aliphatic heterocycles. The van der Waals surface area contributed by atoms with E-state index in [0.29, 0.717) is 34.7 Å². The molecule has 0 saturated carbocycles. The molecule has 30 heavy (non-hydrogen) atoms. The number of nitrogens with one attached hydrogen (secondary N) is 1. The van der Waals surface area contributed by atoms with Crippen molar-refractivity contribution in [1.29, 1.82) is 0 Å². The molecule has 152 valence electrons. The number of rotatable bonds is 7. The van der Waals surface area contributed by atoms with Gasteiger partial charge in [0.05, 0.1) is 27.0 Å². The van der Waals surface area contributed by atoms with Crippen molar-refractivity contribution >= 4 is 23.1 Å². The molecule has 4 aromatic rings. The third kappa shape index (κ3) is 3.98. The summed E-state index contributed by atoms with van der Waals surface area (Å²) in [5.74, 6) is 1.94. The van der Waals surface area contributed by atoms with Gasteiger partial charge in [0.2, 0.25) is 0 Å². The number of para-hydroxylation sites is 1. The fraction of sp³-hybridized carbons (Fsp3) is 0.150. The number of benzene rings is 1. The first-order valence-electron chi connectivity index (χ1n) is 8.95. The number of amides is 1. The highest BCUT2D eigenvalue weighted by Gasteiger charge is 2.16. The van der Waals surface area contributed by atoms with Gasteiger partial charge in [-0.25, -0.2) is 19.6 Å². The molecule has 4 rings (SSSR count). The molecule has 0 spiro atoms. The molecule has 1 amide bonds. The van der Waals surface area contributed by atoms with Gasteiger partial charge in [0, 0.05) is 29.4 Å². The van der Waals surface area contributed by atoms with Crippen molar-refractivity contribution in [3.63, 3.8) is 0 Å². The van der Waals surface area contributed by atoms with Crippen LogP contribution in [0.15, 0.2) is 54.3 Å². The van der Waals surface area contributed by atoms with E-state index in [2.05, 4.69) is 25.4 Å². The Balaban J connectivity index is 1.52. The van der Waals surface area contributed by atoms with Gasteiger partial charge in [0.15, 0.2) is 22.3 Å². The fourth-order valence-electron chi connectivity index (χ4n) is 2.88. The van der Waals surface area contributed by atoms with Gasteiger partial charge in [-0.3, -0.25) is 4.79 Å². The molecular weight excluding hydrogens is 404 g/mol. The van der Waals surface area contributed by atoms with Crippen LogP contribution in [0.3, 0.4) is 0 Å². The SMILES string of the molecule is COc1cccc(Cn2nccc2NC(=O)c2csc(-c3ncccn3)n2)c1OC. The Labute approximate surface area is 176 Å². The zero-order valence-corrected chi connectivity index (χ0v) is 17.1. The summed E-state index contributed by atoms with van der Waals surface area (Å²) in [4.78, 5) is 25.3. The van der Waals surface area contributed by atoms with Gasteiger partial charge in [0.25, 0.3) is 5.91 Å². The molecule has 10 heteroatoms. The molecule has 0 unspecified atom stereocenters. The van der Waals surface area contributed by atoms with Crippen LogP contribution in [0.4, 0.5) is 5.82 Å². The summed E-state index contributed by atoms with van der Waals surface area (Å²) in [6, 6.07) is 9.06. The van der Waals surface area contributed by atoms with Crippen molar-refractivity contribution in [2.24, 2.45) is 0 Å². The standard InChI is InChI=1S/C20H18N6O3S/c1-28-15-6-3-5-13(17(15)29-2)11-26-16(7-10-23-26)25-19(27)14-12-30-20(24-14)18-21-8-4-9-22-18/h3-10,12H,11H2,1-2H3,(H,25,27). The topological polar surface area (TPSA) is 104 Å². The molecule has 0 fully saturated rings. The monoisotopic (exact) mass is 422 g/mol. The van der Waals surface area contributed by atoms with Crippen molar-refractivity contribution in [3.8, 4) is 22.3 Å². The van der Waals surface area contributed by atoms with Gasteiger partial charge in [-0.15, -0.1) is 11.3 Å². The minimum absolute atomic E-state index is 0.286. The Morgan fingerprint density at radius 3 is 2.70 bits per heavy atom. The summed E-state index contributed by atoms with van der Waals surface area (Å²) in [7, 11) is 3.17. The van der Waals surface area contributed by atoms with E-state index in [1.807, 2.05) is 18.2 Å². The molecule has 0 atom stereocenters. The van der Waals surface area contributed by atoms with Gasteiger partial charge in [-0.1, -0.05) is 12.1 Å². The molecule has 3 heterocycles. The van der Waals surface area contributed by atoms with E-state index in [1.54, 1.807) is 55.0 Å². The fourth-order valence-corrected chi connectivity index (χ4v) is 3.62. The molecule has 9 nitrogen and oxygen atoms in total. The highest BCUT2D eigenvalue weighted by Crippen LogP contribution is 2.31. The molecular formula is C20H18N6O3S. The summed E-state index contributed by atoms with van der Waals surface area (Å²) in [6.45, 7) is 0.392. The molecule has 0 radical (unpaired) electrons. The van der Waals surface area contributed by atoms with Crippen LogP contribution in [0.25, 0.3) is 10.8 Å². The summed E-state index contributed by atoms with van der Waals surface area (Å²) >= 11 is 1.31. The van der Waals surface area contributed by atoms with Crippen molar-refractivity contribution in [2.75, 3.05) is 19.5 Å². The lowest BCUT2D eigenvalue weighted by Crippen LogP contribution is -2.16. The van der Waals surface area contributed by atoms with Crippen LogP contribution in [0, 0.1) is 0 Å². The van der Waals surface area contributed by atoms with E-state index in [9.17, 15) is 4.79 Å². The van der Waals surface area contributed by atoms with Crippen LogP contribution < -0.4 is 14.8 Å². The smallest absolute Gasteiger partial charge is 0.276 e. The van der Waals surface area contributed by atoms with Crippen molar-refractivity contribution in [3.05, 3.63) is 65.6 Å².